The summed E-state index contributed by atoms with van der Waals surface area (Å²) in [4.78, 5) is 26.1. The van der Waals surface area contributed by atoms with E-state index in [0.29, 0.717) is 17.8 Å². The number of halogens is 1. The lowest BCUT2D eigenvalue weighted by Crippen LogP contribution is -2.37. The lowest BCUT2D eigenvalue weighted by atomic mass is 10.0. The van der Waals surface area contributed by atoms with Crippen LogP contribution in [-0.2, 0) is 4.79 Å². The quantitative estimate of drug-likeness (QED) is 0.923. The number of aliphatic carboxylic acids is 1. The SMILES string of the molecule is Cc1c(C(=O)N2CCC(C(=O)O)C2C)sc2cc(F)ccc12. The van der Waals surface area contributed by atoms with Gasteiger partial charge in [0, 0.05) is 17.3 Å². The zero-order valence-electron chi connectivity index (χ0n) is 12.3. The molecule has 6 heteroatoms. The predicted octanol–water partition coefficient (Wildman–Crippen LogP) is 3.28. The Morgan fingerprint density at radius 2 is 2.14 bits per heavy atom. The van der Waals surface area contributed by atoms with Gasteiger partial charge in [-0.15, -0.1) is 11.3 Å². The molecule has 22 heavy (non-hydrogen) atoms. The van der Waals surface area contributed by atoms with E-state index in [2.05, 4.69) is 0 Å². The number of carbonyl (C=O) groups is 2. The molecule has 1 amide bonds. The van der Waals surface area contributed by atoms with E-state index in [-0.39, 0.29) is 17.8 Å². The number of rotatable bonds is 2. The molecule has 1 aromatic heterocycles. The summed E-state index contributed by atoms with van der Waals surface area (Å²) in [6.07, 6.45) is 0.473. The molecule has 116 valence electrons. The van der Waals surface area contributed by atoms with Gasteiger partial charge in [0.1, 0.15) is 5.82 Å². The van der Waals surface area contributed by atoms with Crippen LogP contribution in [0.15, 0.2) is 18.2 Å². The summed E-state index contributed by atoms with van der Waals surface area (Å²) in [7, 11) is 0. The minimum Gasteiger partial charge on any atom is -0.481 e. The van der Waals surface area contributed by atoms with Crippen LogP contribution in [0.4, 0.5) is 4.39 Å². The van der Waals surface area contributed by atoms with E-state index >= 15 is 0 Å². The molecule has 3 rings (SSSR count). The molecular formula is C16H16FNO3S. The van der Waals surface area contributed by atoms with E-state index in [1.807, 2.05) is 6.92 Å². The lowest BCUT2D eigenvalue weighted by molar-refractivity contribution is -0.142. The van der Waals surface area contributed by atoms with Crippen molar-refractivity contribution >= 4 is 33.3 Å². The normalized spacial score (nSPS) is 21.5. The van der Waals surface area contributed by atoms with Crippen LogP contribution in [0.5, 0.6) is 0 Å². The highest BCUT2D eigenvalue weighted by molar-refractivity contribution is 7.21. The topological polar surface area (TPSA) is 57.6 Å². The summed E-state index contributed by atoms with van der Waals surface area (Å²) in [5.41, 5.74) is 0.830. The number of aryl methyl sites for hydroxylation is 1. The first-order valence-electron chi connectivity index (χ1n) is 7.12. The van der Waals surface area contributed by atoms with Crippen molar-refractivity contribution in [3.63, 3.8) is 0 Å². The van der Waals surface area contributed by atoms with Crippen LogP contribution in [0.2, 0.25) is 0 Å². The second-order valence-electron chi connectivity index (χ2n) is 5.67. The molecule has 0 aliphatic carbocycles. The Bertz CT molecular complexity index is 770. The van der Waals surface area contributed by atoms with Crippen molar-refractivity contribution in [2.24, 2.45) is 5.92 Å². The molecule has 2 aromatic rings. The summed E-state index contributed by atoms with van der Waals surface area (Å²) in [6.45, 7) is 4.06. The third-order valence-electron chi connectivity index (χ3n) is 4.43. The highest BCUT2D eigenvalue weighted by Crippen LogP contribution is 2.34. The first-order valence-corrected chi connectivity index (χ1v) is 7.94. The number of fused-ring (bicyclic) bond motifs is 1. The van der Waals surface area contributed by atoms with Gasteiger partial charge in [-0.3, -0.25) is 9.59 Å². The number of benzene rings is 1. The summed E-state index contributed by atoms with van der Waals surface area (Å²) < 4.78 is 14.1. The lowest BCUT2D eigenvalue weighted by Gasteiger charge is -2.23. The second-order valence-corrected chi connectivity index (χ2v) is 6.72. The van der Waals surface area contributed by atoms with Crippen molar-refractivity contribution in [3.05, 3.63) is 34.5 Å². The second kappa shape index (κ2) is 5.35. The first kappa shape index (κ1) is 15.0. The van der Waals surface area contributed by atoms with Gasteiger partial charge in [0.25, 0.3) is 5.91 Å². The fourth-order valence-corrected chi connectivity index (χ4v) is 4.28. The van der Waals surface area contributed by atoms with Gasteiger partial charge in [0.05, 0.1) is 10.8 Å². The van der Waals surface area contributed by atoms with Gasteiger partial charge in [-0.1, -0.05) is 6.07 Å². The van der Waals surface area contributed by atoms with Gasteiger partial charge < -0.3 is 10.0 Å². The zero-order chi connectivity index (χ0) is 16.0. The van der Waals surface area contributed by atoms with Crippen molar-refractivity contribution < 1.29 is 19.1 Å². The number of thiophene rings is 1. The number of hydrogen-bond donors (Lipinski definition) is 1. The van der Waals surface area contributed by atoms with Crippen molar-refractivity contribution in [1.29, 1.82) is 0 Å². The Hall–Kier alpha value is -1.95. The van der Waals surface area contributed by atoms with E-state index < -0.39 is 11.9 Å². The van der Waals surface area contributed by atoms with E-state index in [1.54, 1.807) is 17.9 Å². The molecule has 1 aromatic carbocycles. The molecule has 0 saturated carbocycles. The van der Waals surface area contributed by atoms with Crippen LogP contribution >= 0.6 is 11.3 Å². The molecule has 1 fully saturated rings. The fourth-order valence-electron chi connectivity index (χ4n) is 3.09. The number of likely N-dealkylation sites (tertiary alicyclic amines) is 1. The standard InChI is InChI=1S/C16H16FNO3S/c1-8-11-4-3-10(17)7-13(11)22-14(8)15(19)18-6-5-12(9(18)2)16(20)21/h3-4,7,9,12H,5-6H2,1-2H3,(H,20,21). The highest BCUT2D eigenvalue weighted by atomic mass is 32.1. The maximum Gasteiger partial charge on any atom is 0.308 e. The molecule has 0 radical (unpaired) electrons. The van der Waals surface area contributed by atoms with Gasteiger partial charge in [-0.25, -0.2) is 4.39 Å². The summed E-state index contributed by atoms with van der Waals surface area (Å²) in [5, 5.41) is 10.0. The van der Waals surface area contributed by atoms with Crippen molar-refractivity contribution in [2.45, 2.75) is 26.3 Å². The molecule has 0 spiro atoms. The van der Waals surface area contributed by atoms with E-state index in [0.717, 1.165) is 15.6 Å². The molecule has 0 bridgehead atoms. The Labute approximate surface area is 131 Å². The number of carboxylic acids is 1. The van der Waals surface area contributed by atoms with Crippen LogP contribution in [-0.4, -0.2) is 34.5 Å². The summed E-state index contributed by atoms with van der Waals surface area (Å²) >= 11 is 1.27. The van der Waals surface area contributed by atoms with Crippen molar-refractivity contribution in [2.75, 3.05) is 6.54 Å². The van der Waals surface area contributed by atoms with Crippen LogP contribution in [0.1, 0.15) is 28.6 Å². The number of amides is 1. The Morgan fingerprint density at radius 3 is 2.77 bits per heavy atom. The molecule has 2 heterocycles. The van der Waals surface area contributed by atoms with Crippen LogP contribution in [0.3, 0.4) is 0 Å². The molecular weight excluding hydrogens is 305 g/mol. The van der Waals surface area contributed by atoms with Gasteiger partial charge in [-0.2, -0.15) is 0 Å². The summed E-state index contributed by atoms with van der Waals surface area (Å²) in [5.74, 6) is -1.86. The van der Waals surface area contributed by atoms with Gasteiger partial charge in [0.2, 0.25) is 0 Å². The van der Waals surface area contributed by atoms with Gasteiger partial charge in [-0.05, 0) is 43.4 Å². The molecule has 1 saturated heterocycles. The smallest absolute Gasteiger partial charge is 0.308 e. The van der Waals surface area contributed by atoms with E-state index in [1.165, 1.54) is 23.5 Å². The minimum absolute atomic E-state index is 0.157. The monoisotopic (exact) mass is 321 g/mol. The Balaban J connectivity index is 1.96. The van der Waals surface area contributed by atoms with E-state index in [9.17, 15) is 19.1 Å². The van der Waals surface area contributed by atoms with Crippen molar-refractivity contribution in [3.8, 4) is 0 Å². The average Bonchev–Trinajstić information content (AvgIpc) is 2.99. The predicted molar refractivity (Wildman–Crippen MR) is 82.8 cm³/mol. The average molecular weight is 321 g/mol. The molecule has 2 unspecified atom stereocenters. The van der Waals surface area contributed by atoms with Crippen LogP contribution < -0.4 is 0 Å². The third-order valence-corrected chi connectivity index (χ3v) is 5.67. The fraction of sp³-hybridized carbons (Fsp3) is 0.375. The van der Waals surface area contributed by atoms with Crippen LogP contribution in [0.25, 0.3) is 10.1 Å². The van der Waals surface area contributed by atoms with Gasteiger partial charge >= 0.3 is 5.97 Å². The number of hydrogen-bond acceptors (Lipinski definition) is 3. The minimum atomic E-state index is -0.863. The molecule has 1 aliphatic rings. The number of carboxylic acid groups (broad SMARTS) is 1. The molecule has 1 N–H and O–H groups in total. The maximum absolute atomic E-state index is 13.3. The largest absolute Gasteiger partial charge is 0.481 e. The van der Waals surface area contributed by atoms with Crippen LogP contribution in [0, 0.1) is 18.7 Å². The Kier molecular flexibility index (Phi) is 3.64. The first-order chi connectivity index (χ1) is 10.4. The number of carbonyl (C=O) groups excluding carboxylic acids is 1. The van der Waals surface area contributed by atoms with Crippen molar-refractivity contribution in [1.82, 2.24) is 4.90 Å². The highest BCUT2D eigenvalue weighted by Gasteiger charge is 2.39. The Morgan fingerprint density at radius 1 is 1.41 bits per heavy atom. The molecule has 4 nitrogen and oxygen atoms in total. The molecule has 1 aliphatic heterocycles. The number of nitrogens with zero attached hydrogens (tertiary/aromatic N) is 1. The third kappa shape index (κ3) is 2.27. The van der Waals surface area contributed by atoms with E-state index in [4.69, 9.17) is 0 Å². The summed E-state index contributed by atoms with van der Waals surface area (Å²) in [6, 6.07) is 4.17. The zero-order valence-corrected chi connectivity index (χ0v) is 13.1. The molecule has 2 atom stereocenters. The van der Waals surface area contributed by atoms with Gasteiger partial charge in [0.15, 0.2) is 0 Å². The maximum atomic E-state index is 13.3.